The number of fused-ring (bicyclic) bond motifs is 1. The summed E-state index contributed by atoms with van der Waals surface area (Å²) in [6.07, 6.45) is -1.43. The molecule has 196 valence electrons. The quantitative estimate of drug-likeness (QED) is 0.347. The first-order valence-corrected chi connectivity index (χ1v) is 12.2. The Bertz CT molecular complexity index is 1420. The van der Waals surface area contributed by atoms with Gasteiger partial charge in [0, 0.05) is 43.2 Å². The Balaban J connectivity index is 1.37. The summed E-state index contributed by atoms with van der Waals surface area (Å²) in [6, 6.07) is 12.3. The predicted octanol–water partition coefficient (Wildman–Crippen LogP) is 3.95. The van der Waals surface area contributed by atoms with Gasteiger partial charge in [-0.3, -0.25) is 9.88 Å². The van der Waals surface area contributed by atoms with Crippen molar-refractivity contribution in [2.24, 2.45) is 0 Å². The minimum absolute atomic E-state index is 0.450. The van der Waals surface area contributed by atoms with Crippen molar-refractivity contribution in [3.05, 3.63) is 71.3 Å². The summed E-state index contributed by atoms with van der Waals surface area (Å²) in [6.45, 7) is 4.02. The van der Waals surface area contributed by atoms with E-state index in [1.807, 2.05) is 6.07 Å². The molecule has 4 heterocycles. The number of benzene rings is 1. The van der Waals surface area contributed by atoms with Crippen molar-refractivity contribution < 1.29 is 17.9 Å². The smallest absolute Gasteiger partial charge is 0.379 e. The molecular weight excluding hydrogens is 497 g/mol. The van der Waals surface area contributed by atoms with Crippen LogP contribution in [0.4, 0.5) is 19.1 Å². The van der Waals surface area contributed by atoms with E-state index in [1.165, 1.54) is 12.1 Å². The Kier molecular flexibility index (Phi) is 7.48. The lowest BCUT2D eigenvalue weighted by Crippen LogP contribution is -2.35. The number of rotatable bonds is 8. The first-order valence-electron chi connectivity index (χ1n) is 12.2. The second-order valence-corrected chi connectivity index (χ2v) is 8.91. The zero-order valence-electron chi connectivity index (χ0n) is 20.4. The molecule has 12 heteroatoms. The number of nitriles is 1. The van der Waals surface area contributed by atoms with Crippen LogP contribution >= 0.6 is 0 Å². The number of nitrogens with zero attached hydrogens (tertiary/aromatic N) is 7. The van der Waals surface area contributed by atoms with Gasteiger partial charge in [0.2, 0.25) is 5.95 Å². The third-order valence-corrected chi connectivity index (χ3v) is 6.19. The fraction of sp³-hybridized carbons (Fsp3) is 0.346. The van der Waals surface area contributed by atoms with E-state index in [1.54, 1.807) is 22.8 Å². The van der Waals surface area contributed by atoms with Crippen LogP contribution in [-0.4, -0.2) is 62.3 Å². The summed E-state index contributed by atoms with van der Waals surface area (Å²) in [5.41, 5.74) is 2.26. The van der Waals surface area contributed by atoms with Gasteiger partial charge < -0.3 is 10.1 Å². The molecule has 1 aliphatic heterocycles. The molecule has 0 radical (unpaired) electrons. The maximum atomic E-state index is 13.0. The molecule has 0 aliphatic carbocycles. The third-order valence-electron chi connectivity index (χ3n) is 6.19. The molecule has 0 unspecified atom stereocenters. The number of pyridine rings is 1. The average molecular weight is 523 g/mol. The van der Waals surface area contributed by atoms with Gasteiger partial charge in [-0.05, 0) is 37.1 Å². The standard InChI is InChI=1S/C26H25F3N8O/c27-26(28,29)20-6-4-19(5-7-20)22-14-24-34-23(17-36-10-12-38-13-11-36)35-37(24)25(33-22)31-9-1-2-21-8-3-18(15-30)16-32-21/h3-8,14,16H,1-2,9-13,17H2,(H,31,33). The number of nitrogens with one attached hydrogen (secondary N) is 1. The molecule has 0 bridgehead atoms. The topological polar surface area (TPSA) is 104 Å². The van der Waals surface area contributed by atoms with Gasteiger partial charge in [-0.1, -0.05) is 12.1 Å². The molecule has 0 spiro atoms. The lowest BCUT2D eigenvalue weighted by Gasteiger charge is -2.25. The number of aromatic nitrogens is 5. The largest absolute Gasteiger partial charge is 0.416 e. The molecule has 0 amide bonds. The van der Waals surface area contributed by atoms with Crippen molar-refractivity contribution in [2.45, 2.75) is 25.6 Å². The van der Waals surface area contributed by atoms with Gasteiger partial charge in [0.05, 0.1) is 36.6 Å². The normalized spacial score (nSPS) is 14.5. The molecule has 0 saturated carbocycles. The predicted molar refractivity (Wildman–Crippen MR) is 133 cm³/mol. The van der Waals surface area contributed by atoms with Crippen LogP contribution in [0.3, 0.4) is 0 Å². The van der Waals surface area contributed by atoms with Gasteiger partial charge >= 0.3 is 6.18 Å². The van der Waals surface area contributed by atoms with Crippen molar-refractivity contribution in [3.8, 4) is 17.3 Å². The van der Waals surface area contributed by atoms with Gasteiger partial charge in [0.1, 0.15) is 6.07 Å². The van der Waals surface area contributed by atoms with Gasteiger partial charge in [-0.15, -0.1) is 5.10 Å². The second kappa shape index (κ2) is 11.1. The van der Waals surface area contributed by atoms with Crippen LogP contribution in [0.2, 0.25) is 0 Å². The Morgan fingerprint density at radius 1 is 1.05 bits per heavy atom. The van der Waals surface area contributed by atoms with Crippen LogP contribution < -0.4 is 5.32 Å². The molecule has 1 aliphatic rings. The van der Waals surface area contributed by atoms with Crippen molar-refractivity contribution in [2.75, 3.05) is 38.2 Å². The third kappa shape index (κ3) is 6.07. The highest BCUT2D eigenvalue weighted by atomic mass is 19.4. The maximum Gasteiger partial charge on any atom is 0.416 e. The van der Waals surface area contributed by atoms with Crippen molar-refractivity contribution in [1.82, 2.24) is 29.5 Å². The summed E-state index contributed by atoms with van der Waals surface area (Å²) in [5, 5.41) is 16.9. The molecule has 9 nitrogen and oxygen atoms in total. The van der Waals surface area contributed by atoms with E-state index in [9.17, 15) is 13.2 Å². The number of hydrogen-bond acceptors (Lipinski definition) is 8. The zero-order valence-corrected chi connectivity index (χ0v) is 20.4. The number of ether oxygens (including phenoxy) is 1. The van der Waals surface area contributed by atoms with Crippen LogP contribution in [0.1, 0.15) is 29.1 Å². The van der Waals surface area contributed by atoms with E-state index in [0.717, 1.165) is 37.3 Å². The van der Waals surface area contributed by atoms with Gasteiger partial charge in [-0.25, -0.2) is 9.97 Å². The van der Waals surface area contributed by atoms with E-state index < -0.39 is 11.7 Å². The first-order chi connectivity index (χ1) is 18.4. The van der Waals surface area contributed by atoms with Crippen molar-refractivity contribution >= 4 is 11.6 Å². The van der Waals surface area contributed by atoms with E-state index in [0.29, 0.717) is 67.0 Å². The van der Waals surface area contributed by atoms with Crippen molar-refractivity contribution in [3.63, 3.8) is 0 Å². The van der Waals surface area contributed by atoms with E-state index >= 15 is 0 Å². The number of anilines is 1. The van der Waals surface area contributed by atoms with Crippen LogP contribution in [-0.2, 0) is 23.9 Å². The number of aryl methyl sites for hydroxylation is 1. The number of morpholine rings is 1. The lowest BCUT2D eigenvalue weighted by molar-refractivity contribution is -0.137. The number of hydrogen-bond donors (Lipinski definition) is 1. The monoisotopic (exact) mass is 522 g/mol. The Morgan fingerprint density at radius 2 is 1.84 bits per heavy atom. The minimum atomic E-state index is -4.41. The highest BCUT2D eigenvalue weighted by Crippen LogP contribution is 2.31. The molecule has 1 saturated heterocycles. The van der Waals surface area contributed by atoms with E-state index in [4.69, 9.17) is 10.00 Å². The lowest BCUT2D eigenvalue weighted by atomic mass is 10.1. The van der Waals surface area contributed by atoms with E-state index in [-0.39, 0.29) is 0 Å². The van der Waals surface area contributed by atoms with Gasteiger partial charge in [0.25, 0.3) is 0 Å². The SMILES string of the molecule is N#Cc1ccc(CCCNc2nc(-c3ccc(C(F)(F)F)cc3)cc3nc(CN4CCOCC4)nn23)nc1. The Morgan fingerprint density at radius 3 is 2.53 bits per heavy atom. The molecule has 5 rings (SSSR count). The molecule has 4 aromatic rings. The van der Waals surface area contributed by atoms with E-state index in [2.05, 4.69) is 36.3 Å². The van der Waals surface area contributed by atoms with Crippen LogP contribution in [0, 0.1) is 11.3 Å². The fourth-order valence-corrected chi connectivity index (χ4v) is 4.16. The molecule has 0 atom stereocenters. The van der Waals surface area contributed by atoms with Gasteiger partial charge in [0.15, 0.2) is 11.5 Å². The molecular formula is C26H25F3N8O. The molecule has 1 N–H and O–H groups in total. The highest BCUT2D eigenvalue weighted by Gasteiger charge is 2.30. The summed E-state index contributed by atoms with van der Waals surface area (Å²) < 4.78 is 46.2. The zero-order chi connectivity index (χ0) is 26.5. The Hall–Kier alpha value is -4.08. The molecule has 1 aromatic carbocycles. The average Bonchev–Trinajstić information content (AvgIpc) is 3.34. The minimum Gasteiger partial charge on any atom is -0.379 e. The van der Waals surface area contributed by atoms with Crippen molar-refractivity contribution in [1.29, 1.82) is 5.26 Å². The number of alkyl halides is 3. The molecule has 1 fully saturated rings. The molecule has 3 aromatic heterocycles. The van der Waals surface area contributed by atoms with Crippen LogP contribution in [0.15, 0.2) is 48.7 Å². The number of halogens is 3. The highest BCUT2D eigenvalue weighted by molar-refractivity contribution is 5.66. The summed E-state index contributed by atoms with van der Waals surface area (Å²) in [4.78, 5) is 15.9. The summed E-state index contributed by atoms with van der Waals surface area (Å²) in [7, 11) is 0. The summed E-state index contributed by atoms with van der Waals surface area (Å²) >= 11 is 0. The second-order valence-electron chi connectivity index (χ2n) is 8.91. The first kappa shape index (κ1) is 25.6. The fourth-order valence-electron chi connectivity index (χ4n) is 4.16. The molecule has 38 heavy (non-hydrogen) atoms. The summed E-state index contributed by atoms with van der Waals surface area (Å²) in [5.74, 6) is 1.08. The van der Waals surface area contributed by atoms with Crippen LogP contribution in [0.25, 0.3) is 16.9 Å². The maximum absolute atomic E-state index is 13.0. The Labute approximate surface area is 216 Å². The van der Waals surface area contributed by atoms with Crippen LogP contribution in [0.5, 0.6) is 0 Å². The van der Waals surface area contributed by atoms with Gasteiger partial charge in [-0.2, -0.15) is 22.9 Å².